The smallest absolute Gasteiger partial charge is 0.472 e. The minimum Gasteiger partial charge on any atom is -0.507 e. The van der Waals surface area contributed by atoms with Crippen molar-refractivity contribution in [3.8, 4) is 11.5 Å². The molecule has 2 N–H and O–H groups in total. The van der Waals surface area contributed by atoms with Gasteiger partial charge >= 0.3 is 13.9 Å². The Bertz CT molecular complexity index is 1040. The number of unbranched alkanes of at least 4 members (excludes halogenated alkanes) is 2. The summed E-state index contributed by atoms with van der Waals surface area (Å²) < 4.78 is 27.6. The van der Waals surface area contributed by atoms with Crippen LogP contribution in [0.1, 0.15) is 90.2 Å². The molecule has 2 rings (SSSR count). The third-order valence-corrected chi connectivity index (χ3v) is 7.90. The van der Waals surface area contributed by atoms with Gasteiger partial charge in [0.25, 0.3) is 0 Å². The van der Waals surface area contributed by atoms with E-state index in [2.05, 4.69) is 26.5 Å². The number of carbonyl (C=O) groups excluding carboxylic acids is 1. The van der Waals surface area contributed by atoms with Crippen LogP contribution in [-0.2, 0) is 20.0 Å². The molecule has 0 saturated heterocycles. The van der Waals surface area contributed by atoms with Crippen molar-refractivity contribution < 1.29 is 33.1 Å². The van der Waals surface area contributed by atoms with Gasteiger partial charge in [0, 0.05) is 25.1 Å². The fourth-order valence-corrected chi connectivity index (χ4v) is 5.71. The number of phosphoric ester groups is 1. The van der Waals surface area contributed by atoms with Crippen molar-refractivity contribution >= 4 is 13.9 Å². The van der Waals surface area contributed by atoms with Gasteiger partial charge in [0.1, 0.15) is 11.5 Å². The van der Waals surface area contributed by atoms with E-state index in [1.807, 2.05) is 13.0 Å². The molecule has 0 bridgehead atoms. The van der Waals surface area contributed by atoms with Gasteiger partial charge in [0.15, 0.2) is 0 Å². The zero-order chi connectivity index (χ0) is 28.5. The zero-order valence-electron chi connectivity index (χ0n) is 23.9. The second-order valence-corrected chi connectivity index (χ2v) is 12.0. The van der Waals surface area contributed by atoms with E-state index in [-0.39, 0.29) is 30.7 Å². The topological polar surface area (TPSA) is 106 Å². The van der Waals surface area contributed by atoms with E-state index in [1.165, 1.54) is 10.5 Å². The summed E-state index contributed by atoms with van der Waals surface area (Å²) in [6.45, 7) is 13.9. The Balaban J connectivity index is 2.23. The fraction of sp³-hybridized carbons (Fsp3) is 0.621. The van der Waals surface area contributed by atoms with Crippen LogP contribution in [0.3, 0.4) is 0 Å². The zero-order valence-corrected chi connectivity index (χ0v) is 24.8. The number of carbonyl (C=O) groups is 1. The maximum atomic E-state index is 13.1. The van der Waals surface area contributed by atoms with Crippen molar-refractivity contribution in [1.29, 1.82) is 0 Å². The van der Waals surface area contributed by atoms with Crippen molar-refractivity contribution in [2.45, 2.75) is 91.6 Å². The van der Waals surface area contributed by atoms with Crippen LogP contribution in [0.5, 0.6) is 11.5 Å². The minimum absolute atomic E-state index is 0.0521. The predicted octanol–water partition coefficient (Wildman–Crippen LogP) is 7.50. The number of allylic oxidation sites excluding steroid dienone is 3. The molecular formula is C29H46NO7P. The molecule has 0 aromatic heterocycles. The van der Waals surface area contributed by atoms with Gasteiger partial charge in [-0.25, -0.2) is 9.36 Å². The Morgan fingerprint density at radius 3 is 2.61 bits per heavy atom. The lowest BCUT2D eigenvalue weighted by molar-refractivity contribution is 0.116. The summed E-state index contributed by atoms with van der Waals surface area (Å²) in [7, 11) is -2.53. The van der Waals surface area contributed by atoms with Gasteiger partial charge < -0.3 is 19.6 Å². The standard InChI is InChI=1S/C29H46NO7P/c1-8-9-10-12-23-18-26(31)28(25-17-22(6)13-14-24(25)20(2)3)27(19-23)36-29(32)30(7)15-11-16-35-38(33,34)37-21(4)5/h17-19,21,24-25,31H,2,8-16H2,1,3-7H3,(H,33,34)/t24-,25+/m0/s1. The van der Waals surface area contributed by atoms with Gasteiger partial charge in [-0.2, -0.15) is 0 Å². The largest absolute Gasteiger partial charge is 0.507 e. The van der Waals surface area contributed by atoms with Crippen molar-refractivity contribution in [3.63, 3.8) is 0 Å². The summed E-state index contributed by atoms with van der Waals surface area (Å²) in [6, 6.07) is 3.67. The number of rotatable bonds is 14. The Morgan fingerprint density at radius 1 is 1.26 bits per heavy atom. The lowest BCUT2D eigenvalue weighted by Gasteiger charge is -2.32. The summed E-state index contributed by atoms with van der Waals surface area (Å²) in [5.74, 6) is 0.470. The SMILES string of the molecule is C=C(C)[C@@H]1CCC(C)=C[C@H]1c1c(O)cc(CCCCC)cc1OC(=O)N(C)CCCOP(=O)(O)OC(C)C. The Hall–Kier alpha value is -2.12. The van der Waals surface area contributed by atoms with Crippen LogP contribution in [0, 0.1) is 5.92 Å². The predicted molar refractivity (Wildman–Crippen MR) is 151 cm³/mol. The van der Waals surface area contributed by atoms with Crippen molar-refractivity contribution in [1.82, 2.24) is 4.90 Å². The summed E-state index contributed by atoms with van der Waals surface area (Å²) in [4.78, 5) is 24.1. The summed E-state index contributed by atoms with van der Waals surface area (Å²) in [5.41, 5.74) is 3.79. The number of nitrogens with zero attached hydrogens (tertiary/aromatic N) is 1. The lowest BCUT2D eigenvalue weighted by atomic mass is 9.73. The normalized spacial score (nSPS) is 19.1. The second kappa shape index (κ2) is 14.9. The van der Waals surface area contributed by atoms with Crippen molar-refractivity contribution in [3.05, 3.63) is 47.1 Å². The average molecular weight is 552 g/mol. The van der Waals surface area contributed by atoms with E-state index >= 15 is 0 Å². The molecule has 1 aromatic rings. The Morgan fingerprint density at radius 2 is 1.97 bits per heavy atom. The van der Waals surface area contributed by atoms with Crippen molar-refractivity contribution in [2.24, 2.45) is 5.92 Å². The molecule has 0 heterocycles. The van der Waals surface area contributed by atoms with Crippen LogP contribution in [0.4, 0.5) is 4.79 Å². The number of aryl methyl sites for hydroxylation is 1. The first kappa shape index (κ1) is 32.1. The number of hydrogen-bond donors (Lipinski definition) is 2. The molecule has 3 atom stereocenters. The highest BCUT2D eigenvalue weighted by atomic mass is 31.2. The first-order valence-corrected chi connectivity index (χ1v) is 15.1. The van der Waals surface area contributed by atoms with Gasteiger partial charge in [0.2, 0.25) is 0 Å². The molecule has 1 amide bonds. The van der Waals surface area contributed by atoms with Crippen molar-refractivity contribution in [2.75, 3.05) is 20.2 Å². The fourth-order valence-electron chi connectivity index (χ4n) is 4.76. The molecule has 38 heavy (non-hydrogen) atoms. The highest BCUT2D eigenvalue weighted by molar-refractivity contribution is 7.47. The third kappa shape index (κ3) is 9.88. The van der Waals surface area contributed by atoms with E-state index in [9.17, 15) is 19.4 Å². The molecule has 1 unspecified atom stereocenters. The first-order valence-electron chi connectivity index (χ1n) is 13.6. The number of aromatic hydroxyl groups is 1. The number of phosphoric acid groups is 1. The molecule has 1 aromatic carbocycles. The van der Waals surface area contributed by atoms with Gasteiger partial charge in [0.05, 0.1) is 12.7 Å². The molecule has 0 fully saturated rings. The van der Waals surface area contributed by atoms with E-state index in [1.54, 1.807) is 27.0 Å². The molecule has 0 aliphatic heterocycles. The molecule has 0 radical (unpaired) electrons. The monoisotopic (exact) mass is 551 g/mol. The number of ether oxygens (including phenoxy) is 1. The maximum absolute atomic E-state index is 13.1. The van der Waals surface area contributed by atoms with Gasteiger partial charge in [-0.05, 0) is 83.4 Å². The summed E-state index contributed by atoms with van der Waals surface area (Å²) in [5, 5.41) is 11.2. The number of benzene rings is 1. The number of phenols is 1. The number of phenolic OH excluding ortho intramolecular Hbond substituents is 1. The van der Waals surface area contributed by atoms with Crippen LogP contribution >= 0.6 is 7.82 Å². The number of hydrogen-bond acceptors (Lipinski definition) is 6. The molecular weight excluding hydrogens is 505 g/mol. The van der Waals surface area contributed by atoms with Gasteiger partial charge in [-0.15, -0.1) is 0 Å². The lowest BCUT2D eigenvalue weighted by Crippen LogP contribution is -2.31. The Kier molecular flexibility index (Phi) is 12.6. The summed E-state index contributed by atoms with van der Waals surface area (Å²) in [6.07, 6.45) is 7.25. The molecule has 1 aliphatic carbocycles. The highest BCUT2D eigenvalue weighted by Crippen LogP contribution is 2.47. The number of amides is 1. The second-order valence-electron chi connectivity index (χ2n) is 10.6. The Labute approximate surface area is 228 Å². The van der Waals surface area contributed by atoms with E-state index < -0.39 is 20.0 Å². The van der Waals surface area contributed by atoms with Gasteiger partial charge in [-0.1, -0.05) is 43.6 Å². The first-order chi connectivity index (χ1) is 17.8. The molecule has 0 saturated carbocycles. The van der Waals surface area contributed by atoms with Crippen LogP contribution in [0.25, 0.3) is 0 Å². The van der Waals surface area contributed by atoms with Crippen LogP contribution in [0.15, 0.2) is 35.9 Å². The van der Waals surface area contributed by atoms with Crippen LogP contribution in [-0.4, -0.2) is 47.3 Å². The quantitative estimate of drug-likeness (QED) is 0.140. The van der Waals surface area contributed by atoms with Gasteiger partial charge in [-0.3, -0.25) is 9.05 Å². The maximum Gasteiger partial charge on any atom is 0.472 e. The van der Waals surface area contributed by atoms with Crippen LogP contribution in [0.2, 0.25) is 0 Å². The van der Waals surface area contributed by atoms with E-state index in [4.69, 9.17) is 13.8 Å². The molecule has 1 aliphatic rings. The van der Waals surface area contributed by atoms with Crippen LogP contribution < -0.4 is 4.74 Å². The molecule has 9 heteroatoms. The molecule has 214 valence electrons. The molecule has 8 nitrogen and oxygen atoms in total. The molecule has 0 spiro atoms. The summed E-state index contributed by atoms with van der Waals surface area (Å²) >= 11 is 0. The van der Waals surface area contributed by atoms with E-state index in [0.29, 0.717) is 17.7 Å². The third-order valence-electron chi connectivity index (χ3n) is 6.71. The highest BCUT2D eigenvalue weighted by Gasteiger charge is 2.31. The average Bonchev–Trinajstić information content (AvgIpc) is 2.80. The minimum atomic E-state index is -4.13. The van der Waals surface area contributed by atoms with E-state index in [0.717, 1.165) is 49.7 Å².